The molecule has 4 radical (unpaired) electrons. The molecule has 12 aromatic rings. The molecule has 0 fully saturated rings. The van der Waals surface area contributed by atoms with Crippen LogP contribution in [0.25, 0.3) is 128 Å². The predicted molar refractivity (Wildman–Crippen MR) is 357 cm³/mol. The summed E-state index contributed by atoms with van der Waals surface area (Å²) in [7, 11) is 4.34. The third-order valence-electron chi connectivity index (χ3n) is 11.5. The first-order valence-electron chi connectivity index (χ1n) is 24.6. The number of H-pyrrole nitrogens is 4. The fraction of sp³-hybridized carbons (Fsp3) is 0.0714. The van der Waals surface area contributed by atoms with Crippen LogP contribution < -0.4 is 22.3 Å². The minimum Gasteiger partial charge on any atom is -0.632 e. The van der Waals surface area contributed by atoms with Crippen LogP contribution in [0, 0.1) is 0 Å². The number of aromatic nitrogens is 8. The molecular formula is C56H44N12O12P4S4V4. The second kappa shape index (κ2) is 39.8. The van der Waals surface area contributed by atoms with E-state index in [4.69, 9.17) is 22.9 Å². The third kappa shape index (κ3) is 22.8. The van der Waals surface area contributed by atoms with Gasteiger partial charge >= 0.3 is 74.2 Å². The number of amides is 4. The number of rotatable bonds is 14. The number of nitrogens with zero attached hydrogens (tertiary/aromatic N) is 4. The molecule has 92 heavy (non-hydrogen) atoms. The Hall–Kier alpha value is -6.62. The molecule has 4 aromatic carbocycles. The molecule has 8 aromatic heterocycles. The van der Waals surface area contributed by atoms with Crippen LogP contribution in [-0.2, 0) is 112 Å². The Balaban J connectivity index is 0.000000359. The average molecular weight is 1530 g/mol. The van der Waals surface area contributed by atoms with Crippen molar-refractivity contribution in [3.8, 4) is 64.3 Å². The van der Waals surface area contributed by atoms with Gasteiger partial charge in [0.15, 0.2) is 0 Å². The van der Waals surface area contributed by atoms with Gasteiger partial charge in [0, 0.05) is 33.4 Å². The molecule has 0 saturated heterocycles. The van der Waals surface area contributed by atoms with Crippen molar-refractivity contribution in [3.63, 3.8) is 0 Å². The molecule has 36 heteroatoms. The van der Waals surface area contributed by atoms with Crippen LogP contribution in [0.4, 0.5) is 19.2 Å². The summed E-state index contributed by atoms with van der Waals surface area (Å²) in [6.45, 7) is 0. The molecule has 4 atom stereocenters. The predicted octanol–water partition coefficient (Wildman–Crippen LogP) is 13.8. The molecule has 4 unspecified atom stereocenters. The van der Waals surface area contributed by atoms with Crippen LogP contribution in [0.3, 0.4) is 0 Å². The zero-order valence-corrected chi connectivity index (χ0v) is 60.5. The van der Waals surface area contributed by atoms with Gasteiger partial charge < -0.3 is 81.0 Å². The van der Waals surface area contributed by atoms with E-state index in [9.17, 15) is 38.4 Å². The summed E-state index contributed by atoms with van der Waals surface area (Å²) in [5.41, 5.74) is 38.6. The second-order valence-electron chi connectivity index (χ2n) is 16.9. The number of ether oxygens (including phenoxy) is 4. The Kier molecular flexibility index (Phi) is 34.5. The van der Waals surface area contributed by atoms with Gasteiger partial charge in [-0.3, -0.25) is 19.2 Å². The Morgan fingerprint density at radius 2 is 0.674 bits per heavy atom. The third-order valence-corrected chi connectivity index (χ3v) is 18.6. The summed E-state index contributed by atoms with van der Waals surface area (Å²) < 4.78 is 20.1. The molecular weight excluding hydrogens is 1490 g/mol. The van der Waals surface area contributed by atoms with Gasteiger partial charge in [-0.05, 0) is 81.9 Å². The standard InChI is InChI=1S/2C24H14N4O2P2S2.4C2H5NO2.4V/c29-11-31-23-25-10-18(28-23)13-1-3-14(4-2-13)19-8-21-22(33-19)9-20(34-21)15-5-6-16-17(7-15)27-24(26-16)32-12-30;29-11-31-23-25-10-18(28-23)20-9-22-21(34-20)8-19(33-22)14-3-1-13(2-4-14)15-5-6-16-17(7-15)27-24(26-16)32-12-30;4*1-5-2(3)4;;;;/h2*1-10,31-32H,(H,25,28)(H,26,27);4*1H3,(H2,3,4);;;;/q2*-2;;;;;4*+2/p-4. The number of methoxy groups -OCH3 is 4. The Bertz CT molecular complexity index is 4290. The first kappa shape index (κ1) is 79.6. The van der Waals surface area contributed by atoms with Crippen LogP contribution in [0.5, 0.6) is 0 Å². The van der Waals surface area contributed by atoms with Gasteiger partial charge in [-0.2, -0.15) is 34.3 Å². The maximum Gasteiger partial charge on any atom is 2.00 e. The fourth-order valence-corrected chi connectivity index (χ4v) is 14.1. The summed E-state index contributed by atoms with van der Waals surface area (Å²) in [6, 6.07) is 45.6. The van der Waals surface area contributed by atoms with Crippen molar-refractivity contribution in [2.75, 3.05) is 28.4 Å². The number of aromatic amines is 4. The number of thiophene rings is 4. The van der Waals surface area contributed by atoms with Crippen LogP contribution in [0.2, 0.25) is 0 Å². The number of nitrogens with one attached hydrogen (secondary N) is 8. The van der Waals surface area contributed by atoms with E-state index in [1.165, 1.54) is 44.6 Å². The zero-order valence-electron chi connectivity index (χ0n) is 47.7. The van der Waals surface area contributed by atoms with Crippen molar-refractivity contribution < 1.29 is 132 Å². The molecule has 0 aliphatic rings. The van der Waals surface area contributed by atoms with E-state index in [-0.39, 0.29) is 109 Å². The molecule has 0 aliphatic carbocycles. The molecule has 24 nitrogen and oxygen atoms in total. The number of carbonyl (C=O) groups is 4. The molecule has 12 rings (SSSR count). The molecule has 464 valence electrons. The van der Waals surface area contributed by atoms with Gasteiger partial charge in [0.2, 0.25) is 24.4 Å². The van der Waals surface area contributed by atoms with Crippen molar-refractivity contribution in [3.05, 3.63) is 145 Å². The van der Waals surface area contributed by atoms with Gasteiger partial charge in [-0.1, -0.05) is 60.7 Å². The number of imidazole rings is 4. The maximum absolute atomic E-state index is 10.7. The Labute approximate surface area is 594 Å². The fourth-order valence-electron chi connectivity index (χ4n) is 7.58. The van der Waals surface area contributed by atoms with Gasteiger partial charge in [0.25, 0.3) is 0 Å². The Morgan fingerprint density at radius 1 is 0.380 bits per heavy atom. The molecule has 4 amide bonds. The van der Waals surface area contributed by atoms with E-state index >= 15 is 0 Å². The van der Waals surface area contributed by atoms with Gasteiger partial charge in [-0.25, -0.2) is 44.0 Å². The van der Waals surface area contributed by atoms with Crippen LogP contribution in [0.15, 0.2) is 122 Å². The number of hydrogen-bond donors (Lipinski definition) is 4. The molecule has 0 bridgehead atoms. The van der Waals surface area contributed by atoms with E-state index in [2.05, 4.69) is 150 Å². The van der Waals surface area contributed by atoms with Crippen LogP contribution >= 0.6 is 79.7 Å². The normalized spacial score (nSPS) is 10.4. The van der Waals surface area contributed by atoms with Gasteiger partial charge in [0.05, 0.1) is 101 Å². The van der Waals surface area contributed by atoms with E-state index < -0.39 is 24.4 Å². The van der Waals surface area contributed by atoms with E-state index in [1.807, 2.05) is 42.3 Å². The van der Waals surface area contributed by atoms with Crippen molar-refractivity contribution in [1.82, 2.24) is 39.9 Å². The van der Waals surface area contributed by atoms with Gasteiger partial charge in [0.1, 0.15) is 0 Å². The van der Waals surface area contributed by atoms with E-state index in [0.29, 0.717) is 22.3 Å². The minimum atomic E-state index is -0.995. The summed E-state index contributed by atoms with van der Waals surface area (Å²) in [5.74, 6) is 0. The van der Waals surface area contributed by atoms with Crippen molar-refractivity contribution in [2.24, 2.45) is 0 Å². The topological polar surface area (TPSA) is 383 Å². The first-order valence-corrected chi connectivity index (χ1v) is 31.8. The largest absolute Gasteiger partial charge is 2.00 e. The van der Waals surface area contributed by atoms with Crippen LogP contribution in [0.1, 0.15) is 0 Å². The van der Waals surface area contributed by atoms with E-state index in [1.54, 1.807) is 57.7 Å². The molecule has 0 saturated carbocycles. The summed E-state index contributed by atoms with van der Waals surface area (Å²) in [4.78, 5) is 114. The molecule has 0 aliphatic heterocycles. The smallest absolute Gasteiger partial charge is 0.632 e. The molecule has 8 N–H and O–H groups in total. The SMILES string of the molecule is COC([NH-])=O.COC([NH-])=O.COC([NH-])=O.COC([NH-])=O.O=[C-]Pc1ncc(-c2cc3sc(-c4ccc(-c5ccc6nc(P[C-]=O)[nH]c6c5)cc4)cc3s2)[nH]1.O=[C-]Pc1ncc(-c2ccc(-c3cc4sc(-c5ccc6nc(P[C-]=O)[nH]c6c5)cc4s3)cc2)[nH]1.[V+2].[V+2].[V+2].[V+2]. The number of fused-ring (bicyclic) bond motifs is 4. The number of hydrogen-bond acceptors (Lipinski definition) is 20. The molecule has 0 spiro atoms. The second-order valence-corrected chi connectivity index (χ2v) is 24.9. The van der Waals surface area contributed by atoms with Crippen molar-refractivity contribution in [1.29, 1.82) is 0 Å². The first-order chi connectivity index (χ1) is 42.5. The quantitative estimate of drug-likeness (QED) is 0.0446. The summed E-state index contributed by atoms with van der Waals surface area (Å²) in [6.07, 6.45) is -0.457. The molecule has 8 heterocycles. The monoisotopic (exact) mass is 1530 g/mol. The summed E-state index contributed by atoms with van der Waals surface area (Å²) >= 11 is 7.03. The van der Waals surface area contributed by atoms with Crippen molar-refractivity contribution >= 4 is 191 Å². The van der Waals surface area contributed by atoms with Crippen molar-refractivity contribution in [2.45, 2.75) is 0 Å². The average Bonchev–Trinajstić information content (AvgIpc) is 1.72. The van der Waals surface area contributed by atoms with Crippen LogP contribution in [-0.4, -0.2) is 117 Å². The Morgan fingerprint density at radius 3 is 1.07 bits per heavy atom. The zero-order chi connectivity index (χ0) is 63.3. The summed E-state index contributed by atoms with van der Waals surface area (Å²) in [5, 5.41) is 0. The number of benzene rings is 4. The minimum absolute atomic E-state index is 0. The maximum atomic E-state index is 10.7. The van der Waals surface area contributed by atoms with E-state index in [0.717, 1.165) is 89.0 Å². The van der Waals surface area contributed by atoms with Gasteiger partial charge in [-0.15, -0.1) is 45.3 Å². The number of carbonyl (C=O) groups excluding carboxylic acids is 8.